The third kappa shape index (κ3) is 3.49. The number of halogens is 1. The van der Waals surface area contributed by atoms with Crippen LogP contribution in [0.2, 0.25) is 0 Å². The second kappa shape index (κ2) is 6.09. The molecule has 0 fully saturated rings. The molecule has 0 unspecified atom stereocenters. The van der Waals surface area contributed by atoms with Crippen LogP contribution in [-0.4, -0.2) is 26.5 Å². The molecule has 0 aliphatic carbocycles. The van der Waals surface area contributed by atoms with E-state index in [2.05, 4.69) is 26.2 Å². The Morgan fingerprint density at radius 2 is 2.10 bits per heavy atom. The van der Waals surface area contributed by atoms with Crippen LogP contribution < -0.4 is 5.32 Å². The molecule has 2 heterocycles. The third-order valence-corrected chi connectivity index (χ3v) is 3.28. The Kier molecular flexibility index (Phi) is 4.42. The van der Waals surface area contributed by atoms with Gasteiger partial charge in [0.1, 0.15) is 11.4 Å². The fraction of sp³-hybridized carbons (Fsp3) is 0.214. The van der Waals surface area contributed by atoms with E-state index in [0.29, 0.717) is 11.4 Å². The predicted molar refractivity (Wildman–Crippen MR) is 81.7 cm³/mol. The van der Waals surface area contributed by atoms with E-state index in [1.165, 1.54) is 18.3 Å². The van der Waals surface area contributed by atoms with E-state index in [9.17, 15) is 9.59 Å². The summed E-state index contributed by atoms with van der Waals surface area (Å²) in [7, 11) is 0. The largest absolute Gasteiger partial charge is 0.477 e. The number of hydrogen-bond donors (Lipinski definition) is 2. The summed E-state index contributed by atoms with van der Waals surface area (Å²) < 4.78 is 2.67. The predicted octanol–water partition coefficient (Wildman–Crippen LogP) is 3.18. The van der Waals surface area contributed by atoms with Crippen molar-refractivity contribution in [1.29, 1.82) is 0 Å². The Labute approximate surface area is 129 Å². The number of anilines is 1. The fourth-order valence-electron chi connectivity index (χ4n) is 1.84. The van der Waals surface area contributed by atoms with Gasteiger partial charge in [-0.15, -0.1) is 0 Å². The topological polar surface area (TPSA) is 84.2 Å². The highest BCUT2D eigenvalue weighted by Crippen LogP contribution is 2.20. The molecular weight excluding hydrogens is 338 g/mol. The SMILES string of the molecule is CC(C)n1cc(Br)cc1C(=O)Nc1ccc(C(=O)O)nc1. The first-order valence-corrected chi connectivity index (χ1v) is 7.06. The first kappa shape index (κ1) is 15.2. The number of pyridine rings is 1. The van der Waals surface area contributed by atoms with E-state index in [0.717, 1.165) is 4.47 Å². The second-order valence-electron chi connectivity index (χ2n) is 4.74. The number of carbonyl (C=O) groups is 2. The molecule has 21 heavy (non-hydrogen) atoms. The number of rotatable bonds is 4. The maximum atomic E-state index is 12.3. The lowest BCUT2D eigenvalue weighted by Crippen LogP contribution is -2.18. The zero-order chi connectivity index (χ0) is 15.6. The van der Waals surface area contributed by atoms with Gasteiger partial charge in [0.15, 0.2) is 0 Å². The van der Waals surface area contributed by atoms with Gasteiger partial charge in [0, 0.05) is 16.7 Å². The molecule has 0 aliphatic rings. The number of aromatic nitrogens is 2. The molecule has 6 nitrogen and oxygen atoms in total. The van der Waals surface area contributed by atoms with Gasteiger partial charge in [-0.3, -0.25) is 4.79 Å². The molecule has 7 heteroatoms. The summed E-state index contributed by atoms with van der Waals surface area (Å²) in [6.07, 6.45) is 3.16. The quantitative estimate of drug-likeness (QED) is 0.885. The molecule has 0 saturated heterocycles. The number of carbonyl (C=O) groups excluding carboxylic acids is 1. The van der Waals surface area contributed by atoms with Gasteiger partial charge in [0.05, 0.1) is 11.9 Å². The smallest absolute Gasteiger partial charge is 0.354 e. The van der Waals surface area contributed by atoms with E-state index >= 15 is 0 Å². The molecule has 110 valence electrons. The minimum Gasteiger partial charge on any atom is -0.477 e. The number of carboxylic acids is 1. The van der Waals surface area contributed by atoms with E-state index in [-0.39, 0.29) is 17.6 Å². The highest BCUT2D eigenvalue weighted by atomic mass is 79.9. The van der Waals surface area contributed by atoms with Crippen LogP contribution in [0.5, 0.6) is 0 Å². The number of nitrogens with one attached hydrogen (secondary N) is 1. The average molecular weight is 352 g/mol. The summed E-state index contributed by atoms with van der Waals surface area (Å²) in [5.41, 5.74) is 0.887. The number of nitrogens with zero attached hydrogens (tertiary/aromatic N) is 2. The van der Waals surface area contributed by atoms with Crippen molar-refractivity contribution in [1.82, 2.24) is 9.55 Å². The summed E-state index contributed by atoms with van der Waals surface area (Å²) in [5.74, 6) is -1.38. The van der Waals surface area contributed by atoms with Crippen LogP contribution in [0.15, 0.2) is 35.1 Å². The number of carboxylic acid groups (broad SMARTS) is 1. The maximum Gasteiger partial charge on any atom is 0.354 e. The highest BCUT2D eigenvalue weighted by Gasteiger charge is 2.15. The van der Waals surface area contributed by atoms with Crippen LogP contribution in [-0.2, 0) is 0 Å². The van der Waals surface area contributed by atoms with Gasteiger partial charge < -0.3 is 15.0 Å². The molecule has 0 aromatic carbocycles. The van der Waals surface area contributed by atoms with Crippen molar-refractivity contribution in [3.05, 3.63) is 46.5 Å². The molecule has 0 saturated carbocycles. The first-order valence-electron chi connectivity index (χ1n) is 6.26. The molecule has 2 rings (SSSR count). The van der Waals surface area contributed by atoms with Gasteiger partial charge in [-0.1, -0.05) is 0 Å². The van der Waals surface area contributed by atoms with Crippen molar-refractivity contribution in [3.63, 3.8) is 0 Å². The molecule has 2 aromatic rings. The molecular formula is C14H14BrN3O3. The molecule has 0 aliphatic heterocycles. The van der Waals surface area contributed by atoms with E-state index < -0.39 is 5.97 Å². The summed E-state index contributed by atoms with van der Waals surface area (Å²) in [5, 5.41) is 11.5. The summed E-state index contributed by atoms with van der Waals surface area (Å²) in [6, 6.07) is 4.72. The van der Waals surface area contributed by atoms with Crippen LogP contribution in [0.4, 0.5) is 5.69 Å². The molecule has 0 bridgehead atoms. The molecule has 2 aromatic heterocycles. The van der Waals surface area contributed by atoms with Crippen molar-refractivity contribution in [2.45, 2.75) is 19.9 Å². The van der Waals surface area contributed by atoms with Crippen molar-refractivity contribution < 1.29 is 14.7 Å². The van der Waals surface area contributed by atoms with Crippen LogP contribution in [0.3, 0.4) is 0 Å². The van der Waals surface area contributed by atoms with E-state index in [1.807, 2.05) is 24.6 Å². The minimum atomic E-state index is -1.11. The monoisotopic (exact) mass is 351 g/mol. The van der Waals surface area contributed by atoms with E-state index in [1.54, 1.807) is 6.07 Å². The molecule has 0 spiro atoms. The maximum absolute atomic E-state index is 12.3. The standard InChI is InChI=1S/C14H14BrN3O3/c1-8(2)18-7-9(15)5-12(18)13(19)17-10-3-4-11(14(20)21)16-6-10/h3-8H,1-2H3,(H,17,19)(H,20,21). The highest BCUT2D eigenvalue weighted by molar-refractivity contribution is 9.10. The van der Waals surface area contributed by atoms with Crippen LogP contribution >= 0.6 is 15.9 Å². The lowest BCUT2D eigenvalue weighted by molar-refractivity contribution is 0.0690. The van der Waals surface area contributed by atoms with Gasteiger partial charge in [-0.2, -0.15) is 0 Å². The van der Waals surface area contributed by atoms with Crippen molar-refractivity contribution in [2.75, 3.05) is 5.32 Å². The van der Waals surface area contributed by atoms with Crippen LogP contribution in [0.1, 0.15) is 40.9 Å². The molecule has 0 radical (unpaired) electrons. The van der Waals surface area contributed by atoms with Crippen molar-refractivity contribution in [3.8, 4) is 0 Å². The lowest BCUT2D eigenvalue weighted by Gasteiger charge is -2.12. The van der Waals surface area contributed by atoms with Gasteiger partial charge in [-0.05, 0) is 48.0 Å². The number of amides is 1. The van der Waals surface area contributed by atoms with Crippen molar-refractivity contribution >= 4 is 33.5 Å². The van der Waals surface area contributed by atoms with E-state index in [4.69, 9.17) is 5.11 Å². The Bertz CT molecular complexity index is 677. The normalized spacial score (nSPS) is 10.7. The van der Waals surface area contributed by atoms with Crippen molar-refractivity contribution in [2.24, 2.45) is 0 Å². The zero-order valence-corrected chi connectivity index (χ0v) is 13.1. The number of aromatic carboxylic acids is 1. The Balaban J connectivity index is 2.20. The van der Waals surface area contributed by atoms with Gasteiger partial charge in [0.25, 0.3) is 5.91 Å². The minimum absolute atomic E-state index is 0.0682. The zero-order valence-electron chi connectivity index (χ0n) is 11.5. The molecule has 2 N–H and O–H groups in total. The van der Waals surface area contributed by atoms with Crippen LogP contribution in [0, 0.1) is 0 Å². The molecule has 0 atom stereocenters. The Hall–Kier alpha value is -2.15. The lowest BCUT2D eigenvalue weighted by atomic mass is 10.3. The summed E-state index contributed by atoms with van der Waals surface area (Å²) in [4.78, 5) is 26.8. The summed E-state index contributed by atoms with van der Waals surface area (Å²) in [6.45, 7) is 3.96. The van der Waals surface area contributed by atoms with Gasteiger partial charge >= 0.3 is 5.97 Å². The fourth-order valence-corrected chi connectivity index (χ4v) is 2.28. The second-order valence-corrected chi connectivity index (χ2v) is 5.65. The van der Waals surface area contributed by atoms with Gasteiger partial charge in [0.2, 0.25) is 0 Å². The first-order chi connectivity index (χ1) is 9.88. The molecule has 1 amide bonds. The Morgan fingerprint density at radius 3 is 2.62 bits per heavy atom. The number of hydrogen-bond acceptors (Lipinski definition) is 3. The van der Waals surface area contributed by atoms with Gasteiger partial charge in [-0.25, -0.2) is 9.78 Å². The third-order valence-electron chi connectivity index (χ3n) is 2.84. The summed E-state index contributed by atoms with van der Waals surface area (Å²) >= 11 is 3.35. The average Bonchev–Trinajstić information content (AvgIpc) is 2.82. The van der Waals surface area contributed by atoms with Crippen LogP contribution in [0.25, 0.3) is 0 Å². The Morgan fingerprint density at radius 1 is 1.38 bits per heavy atom.